The summed E-state index contributed by atoms with van der Waals surface area (Å²) < 4.78 is 5.51. The number of hydrogen-bond acceptors (Lipinski definition) is 3. The molecule has 0 bridgehead atoms. The molecule has 1 N–H and O–H groups in total. The summed E-state index contributed by atoms with van der Waals surface area (Å²) in [6.45, 7) is 0.856. The van der Waals surface area contributed by atoms with E-state index in [0.717, 1.165) is 0 Å². The number of nitrogens with zero attached hydrogens (tertiary/aromatic N) is 1. The first-order valence-electron chi connectivity index (χ1n) is 6.54. The largest absolute Gasteiger partial charge is 0.490 e. The number of carbonyl (C=O) groups excluding carboxylic acids is 1. The van der Waals surface area contributed by atoms with Gasteiger partial charge >= 0.3 is 5.97 Å². The molecule has 2 aromatic rings. The lowest BCUT2D eigenvalue weighted by molar-refractivity contribution is 0.0697. The molecule has 1 aliphatic rings. The maximum absolute atomic E-state index is 12.6. The fourth-order valence-electron chi connectivity index (χ4n) is 2.32. The summed E-state index contributed by atoms with van der Waals surface area (Å²) in [4.78, 5) is 25.2. The monoisotopic (exact) mass is 283 g/mol. The number of carboxylic acid groups (broad SMARTS) is 1. The quantitative estimate of drug-likeness (QED) is 0.919. The van der Waals surface area contributed by atoms with Crippen LogP contribution in [0.15, 0.2) is 48.5 Å². The van der Waals surface area contributed by atoms with Gasteiger partial charge in [-0.2, -0.15) is 0 Å². The molecule has 1 aliphatic heterocycles. The Hall–Kier alpha value is -2.82. The van der Waals surface area contributed by atoms with Gasteiger partial charge in [-0.05, 0) is 30.3 Å². The van der Waals surface area contributed by atoms with Crippen LogP contribution >= 0.6 is 0 Å². The van der Waals surface area contributed by atoms with E-state index in [2.05, 4.69) is 0 Å². The molecule has 0 aliphatic carbocycles. The van der Waals surface area contributed by atoms with Crippen LogP contribution < -0.4 is 9.64 Å². The van der Waals surface area contributed by atoms with Crippen molar-refractivity contribution in [3.05, 3.63) is 59.7 Å². The minimum atomic E-state index is -1.05. The predicted octanol–water partition coefficient (Wildman–Crippen LogP) is 2.42. The number of amides is 1. The Morgan fingerprint density at radius 2 is 1.81 bits per heavy atom. The van der Waals surface area contributed by atoms with Crippen LogP contribution in [-0.2, 0) is 0 Å². The number of aromatic carboxylic acids is 1. The standard InChI is InChI=1S/C16H13NO4/c18-15(11-4-3-5-12(10-11)16(19)20)17-8-9-21-14-7-2-1-6-13(14)17/h1-7,10H,8-9H2,(H,19,20). The van der Waals surface area contributed by atoms with Gasteiger partial charge in [0.2, 0.25) is 0 Å². The first kappa shape index (κ1) is 13.2. The highest BCUT2D eigenvalue weighted by Crippen LogP contribution is 2.31. The molecule has 2 aromatic carbocycles. The highest BCUT2D eigenvalue weighted by molar-refractivity contribution is 6.08. The molecule has 0 aromatic heterocycles. The summed E-state index contributed by atoms with van der Waals surface area (Å²) in [6.07, 6.45) is 0. The van der Waals surface area contributed by atoms with Gasteiger partial charge in [-0.15, -0.1) is 0 Å². The molecule has 0 saturated heterocycles. The van der Waals surface area contributed by atoms with Gasteiger partial charge in [0, 0.05) is 5.56 Å². The minimum absolute atomic E-state index is 0.0994. The fraction of sp³-hybridized carbons (Fsp3) is 0.125. The number of carboxylic acids is 1. The first-order valence-corrected chi connectivity index (χ1v) is 6.54. The van der Waals surface area contributed by atoms with Gasteiger partial charge in [0.05, 0.1) is 17.8 Å². The molecule has 1 amide bonds. The number of benzene rings is 2. The number of rotatable bonds is 2. The molecular weight excluding hydrogens is 270 g/mol. The van der Waals surface area contributed by atoms with Crippen LogP contribution in [0.2, 0.25) is 0 Å². The summed E-state index contributed by atoms with van der Waals surface area (Å²) in [7, 11) is 0. The van der Waals surface area contributed by atoms with E-state index < -0.39 is 5.97 Å². The van der Waals surface area contributed by atoms with Gasteiger partial charge in [-0.1, -0.05) is 18.2 Å². The van der Waals surface area contributed by atoms with Crippen LogP contribution in [0, 0.1) is 0 Å². The van der Waals surface area contributed by atoms with Crippen molar-refractivity contribution in [2.45, 2.75) is 0 Å². The smallest absolute Gasteiger partial charge is 0.335 e. The van der Waals surface area contributed by atoms with Crippen molar-refractivity contribution in [2.24, 2.45) is 0 Å². The van der Waals surface area contributed by atoms with Crippen LogP contribution in [0.25, 0.3) is 0 Å². The van der Waals surface area contributed by atoms with E-state index in [9.17, 15) is 9.59 Å². The number of fused-ring (bicyclic) bond motifs is 1. The Morgan fingerprint density at radius 3 is 2.62 bits per heavy atom. The van der Waals surface area contributed by atoms with E-state index in [1.165, 1.54) is 12.1 Å². The normalized spacial score (nSPS) is 13.2. The van der Waals surface area contributed by atoms with Crippen molar-refractivity contribution < 1.29 is 19.4 Å². The second-order valence-electron chi connectivity index (χ2n) is 4.66. The van der Waals surface area contributed by atoms with Crippen molar-refractivity contribution in [3.63, 3.8) is 0 Å². The lowest BCUT2D eigenvalue weighted by Gasteiger charge is -2.29. The van der Waals surface area contributed by atoms with Crippen molar-refractivity contribution in [3.8, 4) is 5.75 Å². The van der Waals surface area contributed by atoms with Crippen molar-refractivity contribution >= 4 is 17.6 Å². The summed E-state index contributed by atoms with van der Waals surface area (Å²) >= 11 is 0. The highest BCUT2D eigenvalue weighted by Gasteiger charge is 2.24. The number of para-hydroxylation sites is 2. The molecule has 5 nitrogen and oxygen atoms in total. The average Bonchev–Trinajstić information content (AvgIpc) is 2.53. The molecule has 0 spiro atoms. The molecule has 0 unspecified atom stereocenters. The number of ether oxygens (including phenoxy) is 1. The van der Waals surface area contributed by atoms with Gasteiger partial charge in [-0.3, -0.25) is 4.79 Å². The van der Waals surface area contributed by atoms with Gasteiger partial charge in [0.15, 0.2) is 0 Å². The molecular formula is C16H13NO4. The van der Waals surface area contributed by atoms with E-state index in [-0.39, 0.29) is 11.5 Å². The number of hydrogen-bond donors (Lipinski definition) is 1. The van der Waals surface area contributed by atoms with Gasteiger partial charge in [0.1, 0.15) is 12.4 Å². The Bertz CT molecular complexity index is 711. The maximum Gasteiger partial charge on any atom is 0.335 e. The second-order valence-corrected chi connectivity index (χ2v) is 4.66. The zero-order valence-corrected chi connectivity index (χ0v) is 11.2. The Labute approximate surface area is 121 Å². The predicted molar refractivity (Wildman–Crippen MR) is 77.0 cm³/mol. The Morgan fingerprint density at radius 1 is 1.05 bits per heavy atom. The lowest BCUT2D eigenvalue weighted by atomic mass is 10.1. The SMILES string of the molecule is O=C(O)c1cccc(C(=O)N2CCOc3ccccc32)c1. The fourth-order valence-corrected chi connectivity index (χ4v) is 2.32. The van der Waals surface area contributed by atoms with E-state index in [4.69, 9.17) is 9.84 Å². The molecule has 0 radical (unpaired) electrons. The lowest BCUT2D eigenvalue weighted by Crippen LogP contribution is -2.38. The van der Waals surface area contributed by atoms with Crippen LogP contribution in [0.4, 0.5) is 5.69 Å². The van der Waals surface area contributed by atoms with Gasteiger partial charge in [-0.25, -0.2) is 4.79 Å². The third-order valence-electron chi connectivity index (χ3n) is 3.33. The molecule has 0 atom stereocenters. The van der Waals surface area contributed by atoms with Gasteiger partial charge in [0.25, 0.3) is 5.91 Å². The van der Waals surface area contributed by atoms with Crippen LogP contribution in [0.3, 0.4) is 0 Å². The summed E-state index contributed by atoms with van der Waals surface area (Å²) in [6, 6.07) is 13.3. The molecule has 3 rings (SSSR count). The van der Waals surface area contributed by atoms with Crippen LogP contribution in [-0.4, -0.2) is 30.1 Å². The maximum atomic E-state index is 12.6. The Balaban J connectivity index is 1.96. The topological polar surface area (TPSA) is 66.8 Å². The minimum Gasteiger partial charge on any atom is -0.490 e. The molecule has 21 heavy (non-hydrogen) atoms. The third kappa shape index (κ3) is 2.45. The third-order valence-corrected chi connectivity index (χ3v) is 3.33. The van der Waals surface area contributed by atoms with Crippen LogP contribution in [0.1, 0.15) is 20.7 Å². The summed E-state index contributed by atoms with van der Waals surface area (Å²) in [5, 5.41) is 9.01. The summed E-state index contributed by atoms with van der Waals surface area (Å²) in [5.41, 5.74) is 1.16. The molecule has 106 valence electrons. The molecule has 1 heterocycles. The van der Waals surface area contributed by atoms with Crippen molar-refractivity contribution in [1.82, 2.24) is 0 Å². The van der Waals surface area contributed by atoms with Crippen molar-refractivity contribution in [2.75, 3.05) is 18.1 Å². The Kier molecular flexibility index (Phi) is 3.31. The molecule has 0 saturated carbocycles. The zero-order chi connectivity index (χ0) is 14.8. The molecule has 0 fully saturated rings. The highest BCUT2D eigenvalue weighted by atomic mass is 16.5. The number of carbonyl (C=O) groups is 2. The van der Waals surface area contributed by atoms with Gasteiger partial charge < -0.3 is 14.7 Å². The van der Waals surface area contributed by atoms with E-state index in [1.807, 2.05) is 24.3 Å². The molecule has 5 heteroatoms. The second kappa shape index (κ2) is 5.28. The number of anilines is 1. The summed E-state index contributed by atoms with van der Waals surface area (Å²) in [5.74, 6) is -0.618. The van der Waals surface area contributed by atoms with Crippen molar-refractivity contribution in [1.29, 1.82) is 0 Å². The first-order chi connectivity index (χ1) is 10.2. The zero-order valence-electron chi connectivity index (χ0n) is 11.2. The van der Waals surface area contributed by atoms with E-state index >= 15 is 0 Å². The average molecular weight is 283 g/mol. The van der Waals surface area contributed by atoms with E-state index in [0.29, 0.717) is 30.2 Å². The van der Waals surface area contributed by atoms with Crippen LogP contribution in [0.5, 0.6) is 5.75 Å². The van der Waals surface area contributed by atoms with E-state index in [1.54, 1.807) is 17.0 Å².